The Morgan fingerprint density at radius 2 is 1.84 bits per heavy atom. The van der Waals surface area contributed by atoms with Gasteiger partial charge in [-0.3, -0.25) is 23.2 Å². The number of imidazole rings is 1. The molecule has 3 amide bonds. The van der Waals surface area contributed by atoms with Crippen molar-refractivity contribution < 1.29 is 27.9 Å². The molecule has 6 rings (SSSR count). The number of para-hydroxylation sites is 2. The van der Waals surface area contributed by atoms with E-state index in [1.807, 2.05) is 94.6 Å². The molecule has 2 saturated carbocycles. The van der Waals surface area contributed by atoms with Crippen molar-refractivity contribution in [3.05, 3.63) is 54.1 Å². The summed E-state index contributed by atoms with van der Waals surface area (Å²) < 4.78 is 28.3. The van der Waals surface area contributed by atoms with Gasteiger partial charge in [0.2, 0.25) is 17.7 Å². The van der Waals surface area contributed by atoms with Gasteiger partial charge < -0.3 is 30.6 Å². The van der Waals surface area contributed by atoms with Crippen molar-refractivity contribution in [2.75, 3.05) is 11.9 Å². The predicted octanol–water partition coefficient (Wildman–Crippen LogP) is 4.43. The molecule has 3 fully saturated rings. The molecule has 0 radical (unpaired) electrons. The molecule has 6 atom stereocenters. The molecular formula is C37H51N6O6S-. The van der Waals surface area contributed by atoms with Crippen LogP contribution in [-0.2, 0) is 32.0 Å². The van der Waals surface area contributed by atoms with Gasteiger partial charge in [0, 0.05) is 23.4 Å². The lowest BCUT2D eigenvalue weighted by atomic mass is 9.85. The van der Waals surface area contributed by atoms with Gasteiger partial charge in [0.05, 0.1) is 17.6 Å². The SMILES string of the molecule is CC1(S(=O)[O-])CC1.CC[C@@H]1C[C@]1(NC(=O)[C@@H]1C[C@@H](Oc2nc3ccccc3n2CC)CN1C(=O)[C@@H](Nc1cccc(C)c1)C(C)(C)C)C(N)=O. The summed E-state index contributed by atoms with van der Waals surface area (Å²) in [5.74, 6) is -1.15. The molecule has 2 aromatic carbocycles. The number of rotatable bonds is 11. The van der Waals surface area contributed by atoms with Gasteiger partial charge in [-0.05, 0) is 92.3 Å². The van der Waals surface area contributed by atoms with Gasteiger partial charge in [0.15, 0.2) is 0 Å². The number of amides is 3. The second kappa shape index (κ2) is 14.3. The van der Waals surface area contributed by atoms with Crippen molar-refractivity contribution in [3.63, 3.8) is 0 Å². The fourth-order valence-corrected chi connectivity index (χ4v) is 7.11. The smallest absolute Gasteiger partial charge is 0.297 e. The summed E-state index contributed by atoms with van der Waals surface area (Å²) in [6.45, 7) is 14.6. The van der Waals surface area contributed by atoms with E-state index in [1.165, 1.54) is 0 Å². The van der Waals surface area contributed by atoms with E-state index in [0.717, 1.165) is 41.5 Å². The molecule has 12 nitrogen and oxygen atoms in total. The third-order valence-electron chi connectivity index (χ3n) is 10.2. The topological polar surface area (TPSA) is 172 Å². The van der Waals surface area contributed by atoms with Crippen molar-refractivity contribution in [2.24, 2.45) is 17.1 Å². The second-order valence-corrected chi connectivity index (χ2v) is 16.7. The van der Waals surface area contributed by atoms with Crippen molar-refractivity contribution in [3.8, 4) is 6.01 Å². The molecular weight excluding hydrogens is 657 g/mol. The number of nitrogens with two attached hydrogens (primary N) is 1. The Morgan fingerprint density at radius 3 is 2.38 bits per heavy atom. The van der Waals surface area contributed by atoms with E-state index < -0.39 is 46.1 Å². The van der Waals surface area contributed by atoms with Crippen LogP contribution in [0.15, 0.2) is 48.5 Å². The number of carbonyl (C=O) groups excluding carboxylic acids is 3. The van der Waals surface area contributed by atoms with E-state index in [4.69, 9.17) is 15.5 Å². The van der Waals surface area contributed by atoms with Crippen LogP contribution in [0.1, 0.15) is 79.2 Å². The lowest BCUT2D eigenvalue weighted by Crippen LogP contribution is -2.57. The van der Waals surface area contributed by atoms with Gasteiger partial charge in [-0.25, -0.2) is 0 Å². The number of nitrogens with one attached hydrogen (secondary N) is 2. The Kier molecular flexibility index (Phi) is 10.7. The molecule has 4 N–H and O–H groups in total. The largest absolute Gasteiger partial charge is 0.772 e. The van der Waals surface area contributed by atoms with Crippen LogP contribution in [0, 0.1) is 18.3 Å². The molecule has 272 valence electrons. The van der Waals surface area contributed by atoms with Crippen LogP contribution in [0.4, 0.5) is 5.69 Å². The molecule has 13 heteroatoms. The van der Waals surface area contributed by atoms with E-state index in [0.29, 0.717) is 19.0 Å². The number of ether oxygens (including phenoxy) is 1. The summed E-state index contributed by atoms with van der Waals surface area (Å²) in [6, 6.07) is 14.7. The minimum atomic E-state index is -1.82. The van der Waals surface area contributed by atoms with Gasteiger partial charge in [-0.2, -0.15) is 4.98 Å². The van der Waals surface area contributed by atoms with E-state index in [2.05, 4.69) is 10.6 Å². The number of aryl methyl sites for hydroxylation is 2. The highest BCUT2D eigenvalue weighted by Gasteiger charge is 2.60. The first kappa shape index (κ1) is 37.3. The molecule has 1 aliphatic heterocycles. The Balaban J connectivity index is 0.000000619. The third kappa shape index (κ3) is 7.83. The van der Waals surface area contributed by atoms with Gasteiger partial charge >= 0.3 is 0 Å². The van der Waals surface area contributed by atoms with Crippen molar-refractivity contribution in [1.82, 2.24) is 19.8 Å². The fourth-order valence-electron chi connectivity index (χ4n) is 6.67. The predicted molar refractivity (Wildman–Crippen MR) is 193 cm³/mol. The van der Waals surface area contributed by atoms with E-state index in [-0.39, 0.29) is 35.4 Å². The molecule has 3 aliphatic rings. The molecule has 3 aromatic rings. The number of benzene rings is 2. The number of likely N-dealkylation sites (tertiary alicyclic amines) is 1. The number of nitrogens with zero attached hydrogens (tertiary/aromatic N) is 3. The summed E-state index contributed by atoms with van der Waals surface area (Å²) in [4.78, 5) is 47.1. The maximum absolute atomic E-state index is 14.4. The standard InChI is InChI=1S/C33H44N6O4.C4H8O2S/c1-7-21-18-33(21,30(34)42)37-28(40)26-17-23(43-31-36-24-14-9-10-15-25(24)38(31)8-2)19-39(26)29(41)27(32(4,5)6)35-22-13-11-12-20(3)16-22;1-4(2-3-4)7(5)6/h9-16,21,23,26-27,35H,7-8,17-19H2,1-6H3,(H2,34,42)(H,37,40);2-3H2,1H3,(H,5,6)/p-1/t21-,23-,26+,27-,33-;/m1./s1. The Labute approximate surface area is 297 Å². The molecule has 50 heavy (non-hydrogen) atoms. The van der Waals surface area contributed by atoms with E-state index >= 15 is 0 Å². The number of hydrogen-bond donors (Lipinski definition) is 3. The third-order valence-corrected chi connectivity index (χ3v) is 11.5. The highest BCUT2D eigenvalue weighted by molar-refractivity contribution is 7.81. The lowest BCUT2D eigenvalue weighted by Gasteiger charge is -2.36. The zero-order valence-electron chi connectivity index (χ0n) is 30.2. The first-order valence-corrected chi connectivity index (χ1v) is 18.6. The zero-order chi connectivity index (χ0) is 36.6. The fraction of sp³-hybridized carbons (Fsp3) is 0.568. The van der Waals surface area contributed by atoms with E-state index in [9.17, 15) is 23.1 Å². The number of anilines is 1. The van der Waals surface area contributed by atoms with Gasteiger partial charge in [-0.1, -0.05) is 58.4 Å². The molecule has 0 bridgehead atoms. The Bertz CT molecular complexity index is 1770. The number of fused-ring (bicyclic) bond motifs is 1. The van der Waals surface area contributed by atoms with Gasteiger partial charge in [0.25, 0.3) is 6.01 Å². The first-order chi connectivity index (χ1) is 23.5. The second-order valence-electron chi connectivity index (χ2n) is 15.2. The van der Waals surface area contributed by atoms with Crippen molar-refractivity contribution in [1.29, 1.82) is 0 Å². The van der Waals surface area contributed by atoms with Crippen LogP contribution in [0.25, 0.3) is 11.0 Å². The molecule has 1 saturated heterocycles. The minimum absolute atomic E-state index is 0.0127. The molecule has 2 heterocycles. The summed E-state index contributed by atoms with van der Waals surface area (Å²) in [7, 11) is 0. The quantitative estimate of drug-likeness (QED) is 0.246. The Hall–Kier alpha value is -3.97. The van der Waals surface area contributed by atoms with Crippen LogP contribution < -0.4 is 21.1 Å². The van der Waals surface area contributed by atoms with Crippen molar-refractivity contribution >= 4 is 45.5 Å². The Morgan fingerprint density at radius 1 is 1.14 bits per heavy atom. The maximum atomic E-state index is 14.4. The molecule has 2 aliphatic carbocycles. The van der Waals surface area contributed by atoms with Gasteiger partial charge in [0.1, 0.15) is 23.7 Å². The first-order valence-electron chi connectivity index (χ1n) is 17.5. The summed E-state index contributed by atoms with van der Waals surface area (Å²) in [5, 5.41) is 6.39. The number of primary amides is 1. The monoisotopic (exact) mass is 707 g/mol. The average Bonchev–Trinajstić information content (AvgIpc) is 3.89. The lowest BCUT2D eigenvalue weighted by molar-refractivity contribution is -0.141. The van der Waals surface area contributed by atoms with Crippen molar-refractivity contribution in [2.45, 2.75) is 116 Å². The highest BCUT2D eigenvalue weighted by Crippen LogP contribution is 2.46. The highest BCUT2D eigenvalue weighted by atomic mass is 32.2. The summed E-state index contributed by atoms with van der Waals surface area (Å²) in [6.07, 6.45) is 2.71. The minimum Gasteiger partial charge on any atom is -0.772 e. The number of carbonyl (C=O) groups is 3. The van der Waals surface area contributed by atoms with Crippen LogP contribution in [0.2, 0.25) is 0 Å². The summed E-state index contributed by atoms with van der Waals surface area (Å²) >= 11 is -1.82. The molecule has 0 spiro atoms. The molecule has 1 aromatic heterocycles. The van der Waals surface area contributed by atoms with E-state index in [1.54, 1.807) is 11.8 Å². The number of hydrogen-bond acceptors (Lipinski definition) is 8. The molecule has 1 unspecified atom stereocenters. The zero-order valence-corrected chi connectivity index (χ0v) is 31.0. The average molecular weight is 708 g/mol. The summed E-state index contributed by atoms with van der Waals surface area (Å²) in [5.41, 5.74) is 7.89. The maximum Gasteiger partial charge on any atom is 0.297 e. The van der Waals surface area contributed by atoms with Crippen LogP contribution in [-0.4, -0.2) is 76.0 Å². The van der Waals surface area contributed by atoms with Gasteiger partial charge in [-0.15, -0.1) is 0 Å². The number of aromatic nitrogens is 2. The van der Waals surface area contributed by atoms with Crippen LogP contribution >= 0.6 is 0 Å². The van der Waals surface area contributed by atoms with Crippen LogP contribution in [0.5, 0.6) is 6.01 Å². The normalized spacial score (nSPS) is 24.8. The van der Waals surface area contributed by atoms with Crippen LogP contribution in [0.3, 0.4) is 0 Å².